The van der Waals surface area contributed by atoms with Gasteiger partial charge >= 0.3 is 0 Å². The zero-order valence-corrected chi connectivity index (χ0v) is 57.8. The predicted octanol–water partition coefficient (Wildman–Crippen LogP) is 9.23. The summed E-state index contributed by atoms with van der Waals surface area (Å²) in [5, 5.41) is 17.1. The van der Waals surface area contributed by atoms with Crippen LogP contribution in [0.3, 0.4) is 0 Å². The number of unbranched alkanes of at least 4 members (excludes halogenated alkanes) is 6. The molecule has 0 radical (unpaired) electrons. The average molecular weight is 1320 g/mol. The fourth-order valence-electron chi connectivity index (χ4n) is 8.97. The third-order valence-corrected chi connectivity index (χ3v) is 13.6. The molecule has 0 heterocycles. The number of para-hydroxylation sites is 1. The first kappa shape index (κ1) is 87.3. The monoisotopic (exact) mass is 1320 g/mol. The van der Waals surface area contributed by atoms with Crippen molar-refractivity contribution in [3.05, 3.63) is 59.7 Å². The van der Waals surface area contributed by atoms with Crippen molar-refractivity contribution in [2.45, 2.75) is 111 Å². The van der Waals surface area contributed by atoms with Crippen LogP contribution in [-0.4, -0.2) is 268 Å². The van der Waals surface area contributed by atoms with Gasteiger partial charge in [0.25, 0.3) is 0 Å². The van der Waals surface area contributed by atoms with Gasteiger partial charge in [0.1, 0.15) is 24.9 Å². The molecule has 2 atom stereocenters. The molecule has 0 aromatic heterocycles. The third-order valence-electron chi connectivity index (χ3n) is 13.6. The van der Waals surface area contributed by atoms with Crippen molar-refractivity contribution in [1.82, 2.24) is 0 Å². The van der Waals surface area contributed by atoms with Crippen LogP contribution in [0.4, 0.5) is 0 Å². The van der Waals surface area contributed by atoms with Gasteiger partial charge in [0.2, 0.25) is 0 Å². The van der Waals surface area contributed by atoms with Gasteiger partial charge in [0, 0.05) is 13.0 Å². The first-order valence-corrected chi connectivity index (χ1v) is 34.5. The number of ether oxygens (including phenoxy) is 20. The largest absolute Gasteiger partial charge is 0.494 e. The molecule has 0 fully saturated rings. The molecular formula is C70H128O22. The molecular weight excluding hydrogens is 1190 g/mol. The van der Waals surface area contributed by atoms with Crippen LogP contribution >= 0.6 is 0 Å². The maximum Gasteiger partial charge on any atom is 0.143 e. The number of benzene rings is 2. The molecule has 540 valence electrons. The highest BCUT2D eigenvalue weighted by molar-refractivity contribution is 5.33. The molecule has 2 aromatic rings. The first-order chi connectivity index (χ1) is 45.4. The van der Waals surface area contributed by atoms with Crippen molar-refractivity contribution in [2.75, 3.05) is 258 Å². The predicted molar refractivity (Wildman–Crippen MR) is 356 cm³/mol. The highest BCUT2D eigenvalue weighted by Gasteiger charge is 2.13. The second-order valence-electron chi connectivity index (χ2n) is 22.1. The van der Waals surface area contributed by atoms with Gasteiger partial charge in [-0.25, -0.2) is 0 Å². The SMILES string of the molecule is CC(C)CC(C)CC(C)c1ccc(OCCCOCCOCCOCCOCCOCCOCCOCCOCCOCO)cc1.CCCCCCCCCc1ccccc1OCCOCCOCCOCCOCCOCCOCCOCCOCCOCCO. The minimum Gasteiger partial charge on any atom is -0.494 e. The highest BCUT2D eigenvalue weighted by Crippen LogP contribution is 2.28. The molecule has 0 aliphatic rings. The van der Waals surface area contributed by atoms with Gasteiger partial charge in [-0.3, -0.25) is 0 Å². The van der Waals surface area contributed by atoms with Gasteiger partial charge in [-0.1, -0.05) is 103 Å². The van der Waals surface area contributed by atoms with E-state index in [9.17, 15) is 0 Å². The van der Waals surface area contributed by atoms with Crippen LogP contribution in [0.5, 0.6) is 11.5 Å². The smallest absolute Gasteiger partial charge is 0.143 e. The van der Waals surface area contributed by atoms with Crippen molar-refractivity contribution in [2.24, 2.45) is 11.8 Å². The molecule has 2 unspecified atom stereocenters. The number of aryl methyl sites for hydroxylation is 1. The second-order valence-corrected chi connectivity index (χ2v) is 22.1. The van der Waals surface area contributed by atoms with Crippen LogP contribution in [0.15, 0.2) is 48.5 Å². The lowest BCUT2D eigenvalue weighted by atomic mass is 9.87. The van der Waals surface area contributed by atoms with E-state index in [1.807, 2.05) is 6.07 Å². The van der Waals surface area contributed by atoms with Crippen molar-refractivity contribution in [3.63, 3.8) is 0 Å². The number of hydrogen-bond acceptors (Lipinski definition) is 22. The van der Waals surface area contributed by atoms with E-state index >= 15 is 0 Å². The van der Waals surface area contributed by atoms with Gasteiger partial charge < -0.3 is 105 Å². The second kappa shape index (κ2) is 72.5. The molecule has 2 N–H and O–H groups in total. The number of aliphatic hydroxyl groups excluding tert-OH is 2. The van der Waals surface area contributed by atoms with Crippen molar-refractivity contribution in [1.29, 1.82) is 0 Å². The van der Waals surface area contributed by atoms with Crippen molar-refractivity contribution in [3.8, 4) is 11.5 Å². The summed E-state index contributed by atoms with van der Waals surface area (Å²) < 4.78 is 109. The molecule has 0 amide bonds. The van der Waals surface area contributed by atoms with Gasteiger partial charge in [0.05, 0.1) is 238 Å². The zero-order valence-electron chi connectivity index (χ0n) is 57.8. The molecule has 92 heavy (non-hydrogen) atoms. The lowest BCUT2D eigenvalue weighted by Gasteiger charge is -2.19. The lowest BCUT2D eigenvalue weighted by molar-refractivity contribution is -0.0417. The maximum absolute atomic E-state index is 8.59. The van der Waals surface area contributed by atoms with Crippen LogP contribution in [-0.2, 0) is 91.7 Å². The fourth-order valence-corrected chi connectivity index (χ4v) is 8.97. The Bertz CT molecular complexity index is 1720. The van der Waals surface area contributed by atoms with Crippen LogP contribution in [0, 0.1) is 11.8 Å². The molecule has 2 rings (SSSR count). The minimum absolute atomic E-state index is 0.0281. The van der Waals surface area contributed by atoms with E-state index < -0.39 is 0 Å². The Morgan fingerprint density at radius 1 is 0.304 bits per heavy atom. The summed E-state index contributed by atoms with van der Waals surface area (Å²) in [6.07, 6.45) is 13.6. The highest BCUT2D eigenvalue weighted by atomic mass is 16.6. The van der Waals surface area contributed by atoms with Crippen molar-refractivity contribution >= 4 is 0 Å². The summed E-state index contributed by atoms with van der Waals surface area (Å²) in [6.45, 7) is 30.2. The Morgan fingerprint density at radius 2 is 0.641 bits per heavy atom. The Balaban J connectivity index is 0.000000920. The fraction of sp³-hybridized carbons (Fsp3) is 0.829. The summed E-state index contributed by atoms with van der Waals surface area (Å²) in [7, 11) is 0. The number of rotatable bonds is 73. The van der Waals surface area contributed by atoms with E-state index in [2.05, 4.69) is 77.1 Å². The molecule has 22 nitrogen and oxygen atoms in total. The zero-order chi connectivity index (χ0) is 66.2. The minimum atomic E-state index is -0.287. The van der Waals surface area contributed by atoms with E-state index in [0.717, 1.165) is 36.2 Å². The van der Waals surface area contributed by atoms with E-state index in [0.29, 0.717) is 250 Å². The first-order valence-electron chi connectivity index (χ1n) is 34.5. The van der Waals surface area contributed by atoms with Gasteiger partial charge in [-0.05, 0) is 72.8 Å². The Kier molecular flexibility index (Phi) is 68.8. The summed E-state index contributed by atoms with van der Waals surface area (Å²) >= 11 is 0. The van der Waals surface area contributed by atoms with E-state index in [-0.39, 0.29) is 13.4 Å². The third kappa shape index (κ3) is 63.3. The topological polar surface area (TPSA) is 225 Å². The van der Waals surface area contributed by atoms with Gasteiger partial charge in [0.15, 0.2) is 0 Å². The van der Waals surface area contributed by atoms with Gasteiger partial charge in [-0.2, -0.15) is 0 Å². The summed E-state index contributed by atoms with van der Waals surface area (Å²) in [4.78, 5) is 0. The normalized spacial score (nSPS) is 12.2. The molecule has 0 spiro atoms. The standard InChI is InChI=1S/2C35H64O11/c1-31(2)28-32(3)29-33(4)34-6-8-35(9-7-34)46-11-5-10-37-12-13-38-14-15-39-16-17-40-18-19-41-20-21-42-22-23-43-24-25-44-26-27-45-30-36;1-2-3-4-5-6-7-8-11-34-12-9-10-13-35(34)46-33-32-45-31-30-44-29-28-43-27-26-42-25-24-41-23-22-40-21-20-39-19-18-38-17-16-37-15-14-36/h6-9,31-33,36H,5,10-30H2,1-4H3;9-10,12-13,36H,2-8,11,14-33H2,1H3. The van der Waals surface area contributed by atoms with E-state index in [1.54, 1.807) is 0 Å². The van der Waals surface area contributed by atoms with E-state index in [1.165, 1.54) is 68.9 Å². The molecule has 0 aliphatic heterocycles. The van der Waals surface area contributed by atoms with Gasteiger partial charge in [-0.15, -0.1) is 0 Å². The number of hydrogen-bond donors (Lipinski definition) is 2. The Labute approximate surface area is 555 Å². The Hall–Kier alpha value is -2.76. The lowest BCUT2D eigenvalue weighted by Crippen LogP contribution is -2.15. The molecule has 0 saturated carbocycles. The summed E-state index contributed by atoms with van der Waals surface area (Å²) in [5.41, 5.74) is 2.67. The van der Waals surface area contributed by atoms with E-state index in [4.69, 9.17) is 105 Å². The number of aliphatic hydroxyl groups is 2. The molecule has 2 aromatic carbocycles. The summed E-state index contributed by atoms with van der Waals surface area (Å²) in [5.74, 6) is 3.95. The van der Waals surface area contributed by atoms with Crippen LogP contribution in [0.2, 0.25) is 0 Å². The molecule has 0 saturated heterocycles. The molecule has 0 bridgehead atoms. The summed E-state index contributed by atoms with van der Waals surface area (Å²) in [6, 6.07) is 16.9. The van der Waals surface area contributed by atoms with Crippen LogP contribution < -0.4 is 9.47 Å². The molecule has 0 aliphatic carbocycles. The van der Waals surface area contributed by atoms with Crippen molar-refractivity contribution < 1.29 is 105 Å². The maximum atomic E-state index is 8.59. The Morgan fingerprint density at radius 3 is 1.01 bits per heavy atom. The van der Waals surface area contributed by atoms with Crippen LogP contribution in [0.1, 0.15) is 116 Å². The molecule has 22 heteroatoms. The van der Waals surface area contributed by atoms with Crippen LogP contribution in [0.25, 0.3) is 0 Å². The quantitative estimate of drug-likeness (QED) is 0.0465. The average Bonchev–Trinajstić information content (AvgIpc) is 2.92.